The maximum atomic E-state index is 11.6. The van der Waals surface area contributed by atoms with Crippen molar-refractivity contribution in [3.8, 4) is 22.5 Å². The van der Waals surface area contributed by atoms with Gasteiger partial charge in [0.1, 0.15) is 11.9 Å². The van der Waals surface area contributed by atoms with Gasteiger partial charge in [-0.3, -0.25) is 9.88 Å². The van der Waals surface area contributed by atoms with E-state index >= 15 is 0 Å². The molecule has 0 aliphatic rings. The summed E-state index contributed by atoms with van der Waals surface area (Å²) in [5.74, 6) is 1.50. The van der Waals surface area contributed by atoms with Gasteiger partial charge in [-0.05, 0) is 72.1 Å². The van der Waals surface area contributed by atoms with Gasteiger partial charge in [0.05, 0.1) is 11.4 Å². The van der Waals surface area contributed by atoms with Crippen LogP contribution in [0.3, 0.4) is 0 Å². The highest BCUT2D eigenvalue weighted by Crippen LogP contribution is 2.33. The third-order valence-electron chi connectivity index (χ3n) is 8.50. The number of aryl methyl sites for hydroxylation is 1. The Labute approximate surface area is 282 Å². The number of imidazole rings is 1. The molecule has 0 fully saturated rings. The zero-order chi connectivity index (χ0) is 33.3. The highest BCUT2D eigenvalue weighted by molar-refractivity contribution is 6.30. The van der Waals surface area contributed by atoms with Gasteiger partial charge in [0.15, 0.2) is 17.2 Å². The third-order valence-corrected chi connectivity index (χ3v) is 8.78. The first-order valence-electron chi connectivity index (χ1n) is 16.6. The summed E-state index contributed by atoms with van der Waals surface area (Å²) in [7, 11) is 0. The molecule has 0 radical (unpaired) electrons. The van der Waals surface area contributed by atoms with Crippen LogP contribution in [-0.2, 0) is 24.2 Å². The molecule has 2 aromatic carbocycles. The molecule has 3 aromatic heterocycles. The van der Waals surface area contributed by atoms with E-state index in [1.165, 1.54) is 0 Å². The summed E-state index contributed by atoms with van der Waals surface area (Å²) in [6.07, 6.45) is 3.30. The van der Waals surface area contributed by atoms with Crippen LogP contribution >= 0.6 is 11.6 Å². The minimum Gasteiger partial charge on any atom is -0.380 e. The number of hydrogen-bond acceptors (Lipinski definition) is 8. The van der Waals surface area contributed by atoms with Gasteiger partial charge >= 0.3 is 0 Å². The van der Waals surface area contributed by atoms with E-state index < -0.39 is 6.10 Å². The van der Waals surface area contributed by atoms with E-state index in [2.05, 4.69) is 81.1 Å². The SMILES string of the molecule is CCCCc1nc(Cl)c(C(O)c2ccc(CN(CC)CC)cn2)n1Cc1ccc(-c2ccccc2-c2nnnn2C(C)OCC)cc1. The number of aliphatic hydroxyl groups is 1. The Hall–Kier alpha value is -3.96. The molecule has 0 spiro atoms. The number of hydrogen-bond donors (Lipinski definition) is 1. The Morgan fingerprint density at radius 1 is 0.936 bits per heavy atom. The van der Waals surface area contributed by atoms with Crippen LogP contribution in [0.25, 0.3) is 22.5 Å². The molecule has 1 N–H and O–H groups in total. The minimum atomic E-state index is -1.01. The number of benzene rings is 2. The molecule has 5 rings (SSSR count). The van der Waals surface area contributed by atoms with Crippen molar-refractivity contribution < 1.29 is 9.84 Å². The number of aliphatic hydroxyl groups excluding tert-OH is 1. The highest BCUT2D eigenvalue weighted by Gasteiger charge is 2.25. The van der Waals surface area contributed by atoms with Crippen LogP contribution in [0.5, 0.6) is 0 Å². The van der Waals surface area contributed by atoms with Gasteiger partial charge in [0.2, 0.25) is 0 Å². The van der Waals surface area contributed by atoms with Crippen LogP contribution in [0.1, 0.15) is 88.1 Å². The summed E-state index contributed by atoms with van der Waals surface area (Å²) in [6.45, 7) is 14.2. The lowest BCUT2D eigenvalue weighted by atomic mass is 9.98. The fourth-order valence-electron chi connectivity index (χ4n) is 5.81. The van der Waals surface area contributed by atoms with Gasteiger partial charge < -0.3 is 14.4 Å². The Balaban J connectivity index is 1.43. The van der Waals surface area contributed by atoms with Gasteiger partial charge in [-0.15, -0.1) is 5.10 Å². The number of nitrogens with zero attached hydrogens (tertiary/aromatic N) is 8. The van der Waals surface area contributed by atoms with Crippen molar-refractivity contribution in [3.63, 3.8) is 0 Å². The lowest BCUT2D eigenvalue weighted by molar-refractivity contribution is 0.0159. The summed E-state index contributed by atoms with van der Waals surface area (Å²) in [5.41, 5.74) is 6.24. The number of rotatable bonds is 16. The van der Waals surface area contributed by atoms with Crippen molar-refractivity contribution in [2.75, 3.05) is 19.7 Å². The smallest absolute Gasteiger partial charge is 0.185 e. The summed E-state index contributed by atoms with van der Waals surface area (Å²) < 4.78 is 9.53. The standard InChI is InChI=1S/C36H45ClN8O2/c1-6-10-15-32-39-35(37)33(34(46)31-21-18-27(22-38-31)23-43(7-2)8-3)44(32)24-26-16-19-28(20-17-26)29-13-11-12-14-30(29)36-40-41-42-45(36)25(5)47-9-4/h11-14,16-22,25,34,46H,6-10,15,23-24H2,1-5H3. The van der Waals surface area contributed by atoms with Gasteiger partial charge in [0.25, 0.3) is 0 Å². The predicted molar refractivity (Wildman–Crippen MR) is 185 cm³/mol. The second-order valence-corrected chi connectivity index (χ2v) is 12.0. The fraction of sp³-hybridized carbons (Fsp3) is 0.417. The number of unbranched alkanes of at least 4 members (excludes halogenated alkanes) is 1. The van der Waals surface area contributed by atoms with Crippen LogP contribution in [0.15, 0.2) is 66.9 Å². The van der Waals surface area contributed by atoms with Gasteiger partial charge in [0, 0.05) is 37.9 Å². The Kier molecular flexibility index (Phi) is 11.9. The summed E-state index contributed by atoms with van der Waals surface area (Å²) in [5, 5.41) is 24.4. The average molecular weight is 657 g/mol. The average Bonchev–Trinajstić information content (AvgIpc) is 3.71. The monoisotopic (exact) mass is 656 g/mol. The number of halogens is 1. The molecule has 2 atom stereocenters. The zero-order valence-corrected chi connectivity index (χ0v) is 28.7. The maximum absolute atomic E-state index is 11.6. The van der Waals surface area contributed by atoms with Gasteiger partial charge in [-0.25, -0.2) is 4.98 Å². The largest absolute Gasteiger partial charge is 0.380 e. The Morgan fingerprint density at radius 3 is 2.32 bits per heavy atom. The molecule has 0 aliphatic heterocycles. The maximum Gasteiger partial charge on any atom is 0.185 e. The second kappa shape index (κ2) is 16.2. The molecule has 10 nitrogen and oxygen atoms in total. The van der Waals surface area contributed by atoms with E-state index in [1.807, 2.05) is 50.4 Å². The van der Waals surface area contributed by atoms with Crippen molar-refractivity contribution in [3.05, 3.63) is 100 Å². The molecule has 0 amide bonds. The number of ether oxygens (including phenoxy) is 1. The van der Waals surface area contributed by atoms with Gasteiger partial charge in [-0.2, -0.15) is 4.68 Å². The van der Waals surface area contributed by atoms with Crippen LogP contribution in [0.2, 0.25) is 5.15 Å². The predicted octanol–water partition coefficient (Wildman–Crippen LogP) is 7.12. The van der Waals surface area contributed by atoms with Crippen molar-refractivity contribution >= 4 is 11.6 Å². The number of tetrazole rings is 1. The molecular weight excluding hydrogens is 612 g/mol. The normalized spacial score (nSPS) is 12.9. The van der Waals surface area contributed by atoms with E-state index in [4.69, 9.17) is 21.3 Å². The number of aromatic nitrogens is 7. The summed E-state index contributed by atoms with van der Waals surface area (Å²) in [4.78, 5) is 11.7. The van der Waals surface area contributed by atoms with Crippen molar-refractivity contribution in [2.24, 2.45) is 0 Å². The first kappa shape index (κ1) is 34.4. The van der Waals surface area contributed by atoms with Crippen LogP contribution < -0.4 is 0 Å². The molecule has 0 aliphatic carbocycles. The summed E-state index contributed by atoms with van der Waals surface area (Å²) >= 11 is 6.75. The van der Waals surface area contributed by atoms with Crippen LogP contribution in [0, 0.1) is 0 Å². The van der Waals surface area contributed by atoms with E-state index in [1.54, 1.807) is 4.68 Å². The third kappa shape index (κ3) is 7.96. The first-order valence-corrected chi connectivity index (χ1v) is 16.9. The van der Waals surface area contributed by atoms with E-state index in [-0.39, 0.29) is 6.23 Å². The van der Waals surface area contributed by atoms with Crippen LogP contribution in [-0.4, -0.2) is 64.4 Å². The van der Waals surface area contributed by atoms with Crippen molar-refractivity contribution in [2.45, 2.75) is 79.3 Å². The lowest BCUT2D eigenvalue weighted by Gasteiger charge is -2.19. The molecule has 248 valence electrons. The quantitative estimate of drug-likeness (QED) is 0.120. The molecule has 5 aromatic rings. The Morgan fingerprint density at radius 2 is 1.66 bits per heavy atom. The highest BCUT2D eigenvalue weighted by atomic mass is 35.5. The summed E-state index contributed by atoms with van der Waals surface area (Å²) in [6, 6.07) is 20.4. The molecule has 2 unspecified atom stereocenters. The Bertz CT molecular complexity index is 1710. The fourth-order valence-corrected chi connectivity index (χ4v) is 6.11. The van der Waals surface area contributed by atoms with Gasteiger partial charge in [-0.1, -0.05) is 93.4 Å². The second-order valence-electron chi connectivity index (χ2n) is 11.6. The molecule has 3 heterocycles. The molecule has 11 heteroatoms. The van der Waals surface area contributed by atoms with E-state index in [9.17, 15) is 5.11 Å². The molecular formula is C36H45ClN8O2. The first-order chi connectivity index (χ1) is 22.9. The minimum absolute atomic E-state index is 0.297. The van der Waals surface area contributed by atoms with Crippen molar-refractivity contribution in [1.82, 2.24) is 39.6 Å². The van der Waals surface area contributed by atoms with E-state index in [0.29, 0.717) is 35.5 Å². The van der Waals surface area contributed by atoms with Crippen LogP contribution in [0.4, 0.5) is 0 Å². The molecule has 47 heavy (non-hydrogen) atoms. The molecule has 0 saturated carbocycles. The molecule has 0 saturated heterocycles. The van der Waals surface area contributed by atoms with E-state index in [0.717, 1.165) is 72.5 Å². The lowest BCUT2D eigenvalue weighted by Crippen LogP contribution is -2.22. The molecule has 0 bridgehead atoms. The van der Waals surface area contributed by atoms with Crippen molar-refractivity contribution in [1.29, 1.82) is 0 Å². The topological polar surface area (TPSA) is 107 Å². The number of pyridine rings is 1. The zero-order valence-electron chi connectivity index (χ0n) is 28.0.